The first-order valence-corrected chi connectivity index (χ1v) is 11.4. The fourth-order valence-electron chi connectivity index (χ4n) is 6.82. The van der Waals surface area contributed by atoms with Crippen LogP contribution in [-0.2, 0) is 11.3 Å². The van der Waals surface area contributed by atoms with Crippen molar-refractivity contribution in [1.29, 1.82) is 0 Å². The average Bonchev–Trinajstić information content (AvgIpc) is 2.71. The summed E-state index contributed by atoms with van der Waals surface area (Å²) in [4.78, 5) is 27.7. The van der Waals surface area contributed by atoms with E-state index >= 15 is 0 Å². The lowest BCUT2D eigenvalue weighted by atomic mass is 9.49. The van der Waals surface area contributed by atoms with Gasteiger partial charge in [-0.15, -0.1) is 0 Å². The number of benzene rings is 1. The quantitative estimate of drug-likeness (QED) is 0.824. The molecule has 1 aromatic rings. The summed E-state index contributed by atoms with van der Waals surface area (Å²) >= 11 is 0. The van der Waals surface area contributed by atoms with E-state index in [9.17, 15) is 9.59 Å². The minimum Gasteiger partial charge on any atom is -0.352 e. The molecule has 1 atom stereocenters. The molecule has 4 aliphatic carbocycles. The van der Waals surface area contributed by atoms with E-state index in [0.29, 0.717) is 12.6 Å². The van der Waals surface area contributed by atoms with Gasteiger partial charge in [-0.1, -0.05) is 12.1 Å². The lowest BCUT2D eigenvalue weighted by Crippen LogP contribution is -2.53. The highest BCUT2D eigenvalue weighted by atomic mass is 16.2. The number of hydrogen-bond donors (Lipinski definition) is 2. The summed E-state index contributed by atoms with van der Waals surface area (Å²) in [5.41, 5.74) is 1.70. The van der Waals surface area contributed by atoms with E-state index in [1.807, 2.05) is 29.2 Å². The third-order valence-corrected chi connectivity index (χ3v) is 7.83. The minimum atomic E-state index is -0.0936. The molecule has 2 amide bonds. The van der Waals surface area contributed by atoms with Crippen LogP contribution in [0.15, 0.2) is 24.3 Å². The van der Waals surface area contributed by atoms with Crippen LogP contribution >= 0.6 is 0 Å². The van der Waals surface area contributed by atoms with Gasteiger partial charge in [0.25, 0.3) is 5.91 Å². The summed E-state index contributed by atoms with van der Waals surface area (Å²) in [6, 6.07) is 8.12. The van der Waals surface area contributed by atoms with Crippen molar-refractivity contribution in [2.24, 2.45) is 23.2 Å². The third-order valence-electron chi connectivity index (χ3n) is 7.83. The Morgan fingerprint density at radius 1 is 1.07 bits per heavy atom. The van der Waals surface area contributed by atoms with Crippen molar-refractivity contribution in [3.63, 3.8) is 0 Å². The summed E-state index contributed by atoms with van der Waals surface area (Å²) in [5.74, 6) is 2.72. The molecule has 4 saturated carbocycles. The Hall–Kier alpha value is -1.88. The lowest BCUT2D eigenvalue weighted by molar-refractivity contribution is -0.146. The first-order valence-electron chi connectivity index (χ1n) is 11.4. The van der Waals surface area contributed by atoms with Crippen LogP contribution in [0.25, 0.3) is 0 Å². The smallest absolute Gasteiger partial charge is 0.253 e. The Balaban J connectivity index is 1.19. The third kappa shape index (κ3) is 3.70. The molecule has 2 N–H and O–H groups in total. The van der Waals surface area contributed by atoms with Crippen molar-refractivity contribution in [2.45, 2.75) is 58.0 Å². The first kappa shape index (κ1) is 19.1. The van der Waals surface area contributed by atoms with Gasteiger partial charge in [-0.25, -0.2) is 0 Å². The molecule has 1 saturated heterocycles. The Kier molecular flexibility index (Phi) is 4.89. The standard InChI is InChI=1S/C24H33N3O2/c1-16-15-27(7-6-25-16)22(28)21-4-2-17(3-5-21)14-26-23(29)24-11-18-8-19(12-24)10-20(9-18)13-24/h2-5,16,18-20,25H,6-15H2,1H3,(H,26,29). The summed E-state index contributed by atoms with van der Waals surface area (Å²) < 4.78 is 0. The molecule has 5 fully saturated rings. The molecule has 4 bridgehead atoms. The monoisotopic (exact) mass is 395 g/mol. The van der Waals surface area contributed by atoms with Crippen LogP contribution in [0.3, 0.4) is 0 Å². The molecule has 0 aromatic heterocycles. The SMILES string of the molecule is CC1CN(C(=O)c2ccc(CNC(=O)C34CC5CC(CC(C5)C3)C4)cc2)CCN1. The highest BCUT2D eigenvalue weighted by Crippen LogP contribution is 2.60. The zero-order valence-electron chi connectivity index (χ0n) is 17.5. The topological polar surface area (TPSA) is 61.4 Å². The molecule has 29 heavy (non-hydrogen) atoms. The van der Waals surface area contributed by atoms with Gasteiger partial charge < -0.3 is 15.5 Å². The van der Waals surface area contributed by atoms with Gasteiger partial charge in [0.2, 0.25) is 5.91 Å². The van der Waals surface area contributed by atoms with Crippen molar-refractivity contribution < 1.29 is 9.59 Å². The lowest BCUT2D eigenvalue weighted by Gasteiger charge is -2.55. The second kappa shape index (κ2) is 7.42. The molecule has 0 radical (unpaired) electrons. The first-order chi connectivity index (χ1) is 14.0. The molecule has 1 heterocycles. The number of nitrogens with one attached hydrogen (secondary N) is 2. The maximum absolute atomic E-state index is 13.1. The largest absolute Gasteiger partial charge is 0.352 e. The molecule has 6 rings (SSSR count). The number of nitrogens with zero attached hydrogens (tertiary/aromatic N) is 1. The van der Waals surface area contributed by atoms with E-state index < -0.39 is 0 Å². The molecular formula is C24H33N3O2. The summed E-state index contributed by atoms with van der Waals surface area (Å²) in [6.45, 7) is 5.02. The van der Waals surface area contributed by atoms with E-state index in [1.165, 1.54) is 19.3 Å². The minimum absolute atomic E-state index is 0.0936. The fourth-order valence-corrected chi connectivity index (χ4v) is 6.82. The van der Waals surface area contributed by atoms with Gasteiger partial charge in [-0.2, -0.15) is 0 Å². The van der Waals surface area contributed by atoms with Gasteiger partial charge in [-0.05, 0) is 80.9 Å². The van der Waals surface area contributed by atoms with Gasteiger partial charge in [0.05, 0.1) is 0 Å². The van der Waals surface area contributed by atoms with E-state index in [4.69, 9.17) is 0 Å². The van der Waals surface area contributed by atoms with Gasteiger partial charge >= 0.3 is 0 Å². The molecule has 5 nitrogen and oxygen atoms in total. The molecule has 1 unspecified atom stereocenters. The van der Waals surface area contributed by atoms with Crippen molar-refractivity contribution in [3.8, 4) is 0 Å². The van der Waals surface area contributed by atoms with Crippen LogP contribution in [0.2, 0.25) is 0 Å². The predicted octanol–water partition coefficient (Wildman–Crippen LogP) is 2.95. The Bertz CT molecular complexity index is 753. The molecule has 156 valence electrons. The Labute approximate surface area is 173 Å². The second-order valence-electron chi connectivity index (χ2n) is 10.2. The van der Waals surface area contributed by atoms with Gasteiger partial charge in [0, 0.05) is 43.2 Å². The van der Waals surface area contributed by atoms with Crippen LogP contribution in [0, 0.1) is 23.2 Å². The van der Waals surface area contributed by atoms with E-state index in [0.717, 1.165) is 67.8 Å². The zero-order valence-corrected chi connectivity index (χ0v) is 17.5. The van der Waals surface area contributed by atoms with Crippen LogP contribution in [-0.4, -0.2) is 42.4 Å². The molecule has 1 aliphatic heterocycles. The Morgan fingerprint density at radius 3 is 2.28 bits per heavy atom. The summed E-state index contributed by atoms with van der Waals surface area (Å²) in [7, 11) is 0. The number of hydrogen-bond acceptors (Lipinski definition) is 3. The number of rotatable bonds is 4. The normalized spacial score (nSPS) is 35.6. The highest BCUT2D eigenvalue weighted by Gasteiger charge is 2.54. The molecule has 0 spiro atoms. The van der Waals surface area contributed by atoms with Crippen LogP contribution in [0.5, 0.6) is 0 Å². The van der Waals surface area contributed by atoms with Crippen LogP contribution in [0.4, 0.5) is 0 Å². The van der Waals surface area contributed by atoms with E-state index in [2.05, 4.69) is 17.6 Å². The van der Waals surface area contributed by atoms with Crippen LogP contribution in [0.1, 0.15) is 61.4 Å². The van der Waals surface area contributed by atoms with Crippen LogP contribution < -0.4 is 10.6 Å². The Morgan fingerprint density at radius 2 is 1.69 bits per heavy atom. The number of amides is 2. The average molecular weight is 396 g/mol. The molecule has 5 aliphatic rings. The molecule has 1 aromatic carbocycles. The number of carbonyl (C=O) groups is 2. The second-order valence-corrected chi connectivity index (χ2v) is 10.2. The fraction of sp³-hybridized carbons (Fsp3) is 0.667. The van der Waals surface area contributed by atoms with E-state index in [1.54, 1.807) is 0 Å². The van der Waals surface area contributed by atoms with Crippen molar-refractivity contribution >= 4 is 11.8 Å². The maximum Gasteiger partial charge on any atom is 0.253 e. The van der Waals surface area contributed by atoms with Crippen molar-refractivity contribution in [2.75, 3.05) is 19.6 Å². The molecular weight excluding hydrogens is 362 g/mol. The zero-order chi connectivity index (χ0) is 20.0. The highest BCUT2D eigenvalue weighted by molar-refractivity contribution is 5.94. The summed E-state index contributed by atoms with van der Waals surface area (Å²) in [6.07, 6.45) is 7.36. The van der Waals surface area contributed by atoms with Gasteiger partial charge in [0.15, 0.2) is 0 Å². The van der Waals surface area contributed by atoms with E-state index in [-0.39, 0.29) is 17.2 Å². The van der Waals surface area contributed by atoms with Crippen molar-refractivity contribution in [3.05, 3.63) is 35.4 Å². The van der Waals surface area contributed by atoms with Gasteiger partial charge in [0.1, 0.15) is 0 Å². The van der Waals surface area contributed by atoms with Gasteiger partial charge in [-0.3, -0.25) is 9.59 Å². The predicted molar refractivity (Wildman–Crippen MR) is 112 cm³/mol. The number of piperazine rings is 1. The molecule has 5 heteroatoms. The maximum atomic E-state index is 13.1. The van der Waals surface area contributed by atoms with Crippen molar-refractivity contribution in [1.82, 2.24) is 15.5 Å². The summed E-state index contributed by atoms with van der Waals surface area (Å²) in [5, 5.41) is 6.60. The number of carbonyl (C=O) groups excluding carboxylic acids is 2.